The number of hydrogen-bond donors (Lipinski definition) is 2. The molecule has 1 radical (unpaired) electrons. The molecule has 0 aliphatic carbocycles. The number of unbranched alkanes of at least 4 members (excludes halogenated alkanes) is 9. The topological polar surface area (TPSA) is 60.8 Å². The van der Waals surface area contributed by atoms with E-state index in [-0.39, 0.29) is 23.1 Å². The van der Waals surface area contributed by atoms with E-state index in [0.29, 0.717) is 6.42 Å². The summed E-state index contributed by atoms with van der Waals surface area (Å²) >= 11 is 0. The number of nitrogens with zero attached hydrogens (tertiary/aromatic N) is 1. The summed E-state index contributed by atoms with van der Waals surface area (Å²) in [5.74, 6) is 0. The van der Waals surface area contributed by atoms with E-state index in [2.05, 4.69) is 32.6 Å². The van der Waals surface area contributed by atoms with Crippen LogP contribution in [0.3, 0.4) is 0 Å². The van der Waals surface area contributed by atoms with Gasteiger partial charge in [0.05, 0.1) is 0 Å². The van der Waals surface area contributed by atoms with Crippen molar-refractivity contribution in [3.8, 4) is 0 Å². The van der Waals surface area contributed by atoms with Gasteiger partial charge in [-0.2, -0.15) is 0 Å². The minimum Gasteiger partial charge on any atom is -0.324 e. The summed E-state index contributed by atoms with van der Waals surface area (Å²) in [6.07, 6.45) is 15.3. The van der Waals surface area contributed by atoms with Crippen LogP contribution >= 0.6 is 24.6 Å². The Labute approximate surface area is 180 Å². The zero-order valence-corrected chi connectivity index (χ0v) is 20.9. The Morgan fingerprint density at radius 2 is 1.04 bits per heavy atom. The molecular weight excluding hydrogens is 425 g/mol. The van der Waals surface area contributed by atoms with Crippen molar-refractivity contribution in [1.82, 2.24) is 4.90 Å². The van der Waals surface area contributed by atoms with Crippen molar-refractivity contribution in [2.75, 3.05) is 25.8 Å². The third kappa shape index (κ3) is 31.5. The lowest BCUT2D eigenvalue weighted by atomic mass is 10.1. The Morgan fingerprint density at radius 1 is 0.704 bits per heavy atom. The van der Waals surface area contributed by atoms with Gasteiger partial charge in [0, 0.05) is 6.16 Å². The van der Waals surface area contributed by atoms with Gasteiger partial charge in [-0.25, -0.2) is 0 Å². The normalized spacial score (nSPS) is 11.1. The SMILES string of the molecule is Br.CCCN(CCC)CCC.[CH2]CCCCCCCCCCCP(=O)(O)O. The van der Waals surface area contributed by atoms with Gasteiger partial charge < -0.3 is 14.7 Å². The average Bonchev–Trinajstić information content (AvgIpc) is 2.57. The molecular formula is C21H48BrNO3P. The molecule has 0 saturated carbocycles. The van der Waals surface area contributed by atoms with Gasteiger partial charge in [0.1, 0.15) is 0 Å². The van der Waals surface area contributed by atoms with Gasteiger partial charge in [-0.15, -0.1) is 17.0 Å². The van der Waals surface area contributed by atoms with E-state index in [1.807, 2.05) is 0 Å². The van der Waals surface area contributed by atoms with E-state index in [0.717, 1.165) is 19.3 Å². The Bertz CT molecular complexity index is 300. The fourth-order valence-electron chi connectivity index (χ4n) is 3.02. The molecule has 0 amide bonds. The van der Waals surface area contributed by atoms with Crippen molar-refractivity contribution in [2.24, 2.45) is 0 Å². The summed E-state index contributed by atoms with van der Waals surface area (Å²) in [5, 5.41) is 0. The fourth-order valence-corrected chi connectivity index (χ4v) is 3.65. The third-order valence-corrected chi connectivity index (χ3v) is 5.22. The molecule has 0 aromatic carbocycles. The van der Waals surface area contributed by atoms with Gasteiger partial charge in [0.15, 0.2) is 0 Å². The lowest BCUT2D eigenvalue weighted by Gasteiger charge is -2.19. The van der Waals surface area contributed by atoms with E-state index in [1.165, 1.54) is 77.4 Å². The predicted molar refractivity (Wildman–Crippen MR) is 126 cm³/mol. The first kappa shape index (κ1) is 32.3. The molecule has 6 heteroatoms. The Morgan fingerprint density at radius 3 is 1.33 bits per heavy atom. The molecule has 4 nitrogen and oxygen atoms in total. The van der Waals surface area contributed by atoms with Crippen LogP contribution in [0.1, 0.15) is 104 Å². The molecule has 2 N–H and O–H groups in total. The molecule has 0 saturated heterocycles. The first-order valence-corrected chi connectivity index (χ1v) is 12.8. The standard InChI is InChI=1S/C12H26O3P.C9H21N.BrH/c1-2-3-4-5-6-7-8-9-10-11-12-16(13,14)15;1-4-7-10(8-5-2)9-6-3;/h1-12H2,(H2,13,14,15);4-9H2,1-3H3;1H. The highest BCUT2D eigenvalue weighted by atomic mass is 79.9. The molecule has 0 aromatic heterocycles. The van der Waals surface area contributed by atoms with E-state index >= 15 is 0 Å². The van der Waals surface area contributed by atoms with Crippen LogP contribution in [0.4, 0.5) is 0 Å². The smallest absolute Gasteiger partial charge is 0.324 e. The second-order valence-corrected chi connectivity index (χ2v) is 9.04. The van der Waals surface area contributed by atoms with Crippen LogP contribution in [0.2, 0.25) is 0 Å². The van der Waals surface area contributed by atoms with Crippen molar-refractivity contribution in [3.05, 3.63) is 6.92 Å². The summed E-state index contributed by atoms with van der Waals surface area (Å²) in [7, 11) is -3.75. The molecule has 27 heavy (non-hydrogen) atoms. The highest BCUT2D eigenvalue weighted by Gasteiger charge is 2.10. The van der Waals surface area contributed by atoms with Crippen LogP contribution in [0.25, 0.3) is 0 Å². The molecule has 0 unspecified atom stereocenters. The molecule has 167 valence electrons. The molecule has 0 spiro atoms. The predicted octanol–water partition coefficient (Wildman–Crippen LogP) is 7.00. The van der Waals surface area contributed by atoms with Crippen LogP contribution < -0.4 is 0 Å². The summed E-state index contributed by atoms with van der Waals surface area (Å²) < 4.78 is 10.6. The zero-order chi connectivity index (χ0) is 20.1. The summed E-state index contributed by atoms with van der Waals surface area (Å²) in [5.41, 5.74) is 0. The maximum atomic E-state index is 10.6. The third-order valence-electron chi connectivity index (χ3n) is 4.32. The maximum Gasteiger partial charge on any atom is 0.325 e. The quantitative estimate of drug-likeness (QED) is 0.176. The minimum atomic E-state index is -3.75. The van der Waals surface area contributed by atoms with Crippen molar-refractivity contribution in [3.63, 3.8) is 0 Å². The van der Waals surface area contributed by atoms with Crippen molar-refractivity contribution >= 4 is 24.6 Å². The van der Waals surface area contributed by atoms with Gasteiger partial charge in [0.25, 0.3) is 0 Å². The van der Waals surface area contributed by atoms with E-state index in [9.17, 15) is 4.57 Å². The first-order valence-electron chi connectivity index (χ1n) is 11.0. The monoisotopic (exact) mass is 472 g/mol. The second kappa shape index (κ2) is 24.6. The summed E-state index contributed by atoms with van der Waals surface area (Å²) in [4.78, 5) is 19.8. The maximum absolute atomic E-state index is 10.6. The lowest BCUT2D eigenvalue weighted by molar-refractivity contribution is 0.275. The number of hydrogen-bond acceptors (Lipinski definition) is 2. The average molecular weight is 473 g/mol. The Hall–Kier alpha value is 0.590. The molecule has 0 aliphatic rings. The van der Waals surface area contributed by atoms with Crippen LogP contribution in [0.5, 0.6) is 0 Å². The first-order chi connectivity index (χ1) is 12.4. The Kier molecular flexibility index (Phi) is 29.4. The van der Waals surface area contributed by atoms with Crippen molar-refractivity contribution in [2.45, 2.75) is 104 Å². The lowest BCUT2D eigenvalue weighted by Crippen LogP contribution is -2.25. The van der Waals surface area contributed by atoms with Gasteiger partial charge in [-0.1, -0.05) is 85.5 Å². The molecule has 0 aromatic rings. The van der Waals surface area contributed by atoms with E-state index in [1.54, 1.807) is 0 Å². The van der Waals surface area contributed by atoms with Gasteiger partial charge >= 0.3 is 7.60 Å². The minimum absolute atomic E-state index is 0. The van der Waals surface area contributed by atoms with Gasteiger partial charge in [-0.3, -0.25) is 4.57 Å². The van der Waals surface area contributed by atoms with Crippen molar-refractivity contribution in [1.29, 1.82) is 0 Å². The Balaban J connectivity index is -0.000000454. The molecule has 0 bridgehead atoms. The molecule has 0 heterocycles. The van der Waals surface area contributed by atoms with Crippen LogP contribution in [0, 0.1) is 6.92 Å². The summed E-state index contributed by atoms with van der Waals surface area (Å²) in [6.45, 7) is 14.4. The van der Waals surface area contributed by atoms with E-state index < -0.39 is 7.60 Å². The van der Waals surface area contributed by atoms with Gasteiger partial charge in [-0.05, 0) is 45.3 Å². The highest BCUT2D eigenvalue weighted by Crippen LogP contribution is 2.35. The highest BCUT2D eigenvalue weighted by molar-refractivity contribution is 8.93. The van der Waals surface area contributed by atoms with Gasteiger partial charge in [0.2, 0.25) is 0 Å². The zero-order valence-electron chi connectivity index (χ0n) is 18.3. The van der Waals surface area contributed by atoms with Crippen LogP contribution in [0.15, 0.2) is 0 Å². The fraction of sp³-hybridized carbons (Fsp3) is 0.952. The van der Waals surface area contributed by atoms with Crippen molar-refractivity contribution < 1.29 is 14.4 Å². The summed E-state index contributed by atoms with van der Waals surface area (Å²) in [6, 6.07) is 0. The molecule has 0 fully saturated rings. The number of rotatable bonds is 17. The largest absolute Gasteiger partial charge is 0.325 e. The molecule has 0 aliphatic heterocycles. The molecule has 0 atom stereocenters. The molecule has 0 rings (SSSR count). The van der Waals surface area contributed by atoms with Crippen LogP contribution in [-0.2, 0) is 4.57 Å². The van der Waals surface area contributed by atoms with Crippen LogP contribution in [-0.4, -0.2) is 40.5 Å². The second-order valence-electron chi connectivity index (χ2n) is 7.27. The number of halogens is 1. The van der Waals surface area contributed by atoms with E-state index in [4.69, 9.17) is 9.79 Å².